The molecule has 0 saturated carbocycles. The van der Waals surface area contributed by atoms with Crippen LogP contribution >= 0.6 is 22.7 Å². The number of hydrogen-bond acceptors (Lipinski definition) is 8. The molecule has 1 N–H and O–H groups in total. The highest BCUT2D eigenvalue weighted by atomic mass is 32.1. The molecule has 4 aromatic rings. The van der Waals surface area contributed by atoms with Crippen LogP contribution in [0.1, 0.15) is 10.6 Å². The Labute approximate surface area is 178 Å². The van der Waals surface area contributed by atoms with Gasteiger partial charge in [0.2, 0.25) is 12.7 Å². The minimum atomic E-state index is -0.368. The lowest BCUT2D eigenvalue weighted by molar-refractivity contribution is -0.122. The molecule has 1 aromatic carbocycles. The third-order valence-corrected chi connectivity index (χ3v) is 6.44. The van der Waals surface area contributed by atoms with E-state index in [1.165, 1.54) is 27.4 Å². The van der Waals surface area contributed by atoms with Gasteiger partial charge in [0.25, 0.3) is 5.56 Å². The Morgan fingerprint density at radius 1 is 1.27 bits per heavy atom. The van der Waals surface area contributed by atoms with Gasteiger partial charge in [0, 0.05) is 6.54 Å². The van der Waals surface area contributed by atoms with E-state index in [1.807, 2.05) is 42.6 Å². The molecule has 0 saturated heterocycles. The summed E-state index contributed by atoms with van der Waals surface area (Å²) in [6, 6.07) is 9.36. The number of aromatic nitrogens is 3. The Kier molecular flexibility index (Phi) is 4.72. The first-order valence-electron chi connectivity index (χ1n) is 9.16. The highest BCUT2D eigenvalue weighted by Crippen LogP contribution is 2.33. The summed E-state index contributed by atoms with van der Waals surface area (Å²) in [7, 11) is 0. The zero-order valence-corrected chi connectivity index (χ0v) is 17.5. The number of ether oxygens (including phenoxy) is 2. The normalized spacial score (nSPS) is 12.4. The summed E-state index contributed by atoms with van der Waals surface area (Å²) in [5.41, 5.74) is 1.53. The number of amides is 1. The lowest BCUT2D eigenvalue weighted by atomic mass is 10.2. The van der Waals surface area contributed by atoms with Crippen LogP contribution in [0.2, 0.25) is 0 Å². The molecule has 152 valence electrons. The number of fused-ring (bicyclic) bond motifs is 2. The molecule has 0 radical (unpaired) electrons. The standard InChI is InChI=1S/C20H16N4O4S2/c1-11-22-18-19(30-11)17(15-3-2-6-29-15)23-24(20(18)26)9-16(25)21-8-12-4-5-13-14(7-12)28-10-27-13/h2-7H,8-10H2,1H3,(H,21,25). The van der Waals surface area contributed by atoms with Crippen molar-refractivity contribution in [2.45, 2.75) is 20.0 Å². The Bertz CT molecular complexity index is 1310. The number of thiazole rings is 1. The summed E-state index contributed by atoms with van der Waals surface area (Å²) >= 11 is 2.96. The van der Waals surface area contributed by atoms with Crippen LogP contribution in [0.25, 0.3) is 20.8 Å². The first-order valence-corrected chi connectivity index (χ1v) is 10.9. The molecule has 10 heteroatoms. The fraction of sp³-hybridized carbons (Fsp3) is 0.200. The molecule has 0 unspecified atom stereocenters. The number of benzene rings is 1. The highest BCUT2D eigenvalue weighted by Gasteiger charge is 2.19. The number of nitrogens with one attached hydrogen (secondary N) is 1. The summed E-state index contributed by atoms with van der Waals surface area (Å²) in [5.74, 6) is 1.03. The molecule has 1 amide bonds. The summed E-state index contributed by atoms with van der Waals surface area (Å²) in [4.78, 5) is 30.7. The van der Waals surface area contributed by atoms with E-state index in [1.54, 1.807) is 0 Å². The van der Waals surface area contributed by atoms with Crippen LogP contribution in [0.15, 0.2) is 40.5 Å². The van der Waals surface area contributed by atoms with E-state index < -0.39 is 0 Å². The van der Waals surface area contributed by atoms with Crippen LogP contribution < -0.4 is 20.3 Å². The van der Waals surface area contributed by atoms with E-state index >= 15 is 0 Å². The maximum absolute atomic E-state index is 12.8. The molecule has 0 spiro atoms. The molecule has 30 heavy (non-hydrogen) atoms. The van der Waals surface area contributed by atoms with Gasteiger partial charge in [0.15, 0.2) is 17.0 Å². The summed E-state index contributed by atoms with van der Waals surface area (Å²) < 4.78 is 12.6. The van der Waals surface area contributed by atoms with Crippen molar-refractivity contribution in [3.05, 3.63) is 56.6 Å². The SMILES string of the molecule is Cc1nc2c(=O)n(CC(=O)NCc3ccc4c(c3)OCO4)nc(-c3cccs3)c2s1. The lowest BCUT2D eigenvalue weighted by Crippen LogP contribution is -2.33. The van der Waals surface area contributed by atoms with Crippen LogP contribution in [-0.4, -0.2) is 27.5 Å². The molecule has 5 rings (SSSR count). The van der Waals surface area contributed by atoms with Crippen LogP contribution in [0.3, 0.4) is 0 Å². The van der Waals surface area contributed by atoms with E-state index in [9.17, 15) is 9.59 Å². The Morgan fingerprint density at radius 2 is 2.13 bits per heavy atom. The molecule has 1 aliphatic heterocycles. The molecule has 0 atom stereocenters. The number of nitrogens with zero attached hydrogens (tertiary/aromatic N) is 3. The lowest BCUT2D eigenvalue weighted by Gasteiger charge is -2.09. The van der Waals surface area contributed by atoms with Gasteiger partial charge in [0.05, 0.1) is 14.6 Å². The van der Waals surface area contributed by atoms with Gasteiger partial charge in [0.1, 0.15) is 12.2 Å². The van der Waals surface area contributed by atoms with Gasteiger partial charge >= 0.3 is 0 Å². The Morgan fingerprint density at radius 3 is 2.97 bits per heavy atom. The van der Waals surface area contributed by atoms with Crippen LogP contribution in [0.4, 0.5) is 0 Å². The minimum absolute atomic E-state index is 0.186. The van der Waals surface area contributed by atoms with Crippen molar-refractivity contribution in [3.8, 4) is 22.1 Å². The van der Waals surface area contributed by atoms with Crippen molar-refractivity contribution in [1.82, 2.24) is 20.1 Å². The topological polar surface area (TPSA) is 95.3 Å². The largest absolute Gasteiger partial charge is 0.454 e. The van der Waals surface area contributed by atoms with Crippen LogP contribution in [0, 0.1) is 6.92 Å². The zero-order chi connectivity index (χ0) is 20.7. The quantitative estimate of drug-likeness (QED) is 0.513. The number of carbonyl (C=O) groups excluding carboxylic acids is 1. The monoisotopic (exact) mass is 440 g/mol. The second kappa shape index (κ2) is 7.54. The molecule has 8 nitrogen and oxygen atoms in total. The maximum atomic E-state index is 12.8. The Balaban J connectivity index is 1.39. The molecule has 1 aliphatic rings. The number of carbonyl (C=O) groups is 1. The fourth-order valence-corrected chi connectivity index (χ4v) is 4.88. The summed E-state index contributed by atoms with van der Waals surface area (Å²) in [6.45, 7) is 2.17. The van der Waals surface area contributed by atoms with Crippen LogP contribution in [0.5, 0.6) is 11.5 Å². The van der Waals surface area contributed by atoms with E-state index in [4.69, 9.17) is 9.47 Å². The van der Waals surface area contributed by atoms with Crippen molar-refractivity contribution in [2.24, 2.45) is 0 Å². The Hall–Kier alpha value is -3.24. The van der Waals surface area contributed by atoms with Gasteiger partial charge < -0.3 is 14.8 Å². The summed E-state index contributed by atoms with van der Waals surface area (Å²) in [6.07, 6.45) is 0. The predicted molar refractivity (Wildman–Crippen MR) is 114 cm³/mol. The average Bonchev–Trinajstić information content (AvgIpc) is 3.48. The van der Waals surface area contributed by atoms with E-state index in [2.05, 4.69) is 15.4 Å². The second-order valence-electron chi connectivity index (χ2n) is 6.66. The summed E-state index contributed by atoms with van der Waals surface area (Å²) in [5, 5.41) is 10.0. The molecular weight excluding hydrogens is 424 g/mol. The minimum Gasteiger partial charge on any atom is -0.454 e. The molecule has 0 bridgehead atoms. The van der Waals surface area contributed by atoms with Gasteiger partial charge in [-0.3, -0.25) is 9.59 Å². The fourth-order valence-electron chi connectivity index (χ4n) is 3.19. The molecule has 4 heterocycles. The predicted octanol–water partition coefficient (Wildman–Crippen LogP) is 2.94. The zero-order valence-electron chi connectivity index (χ0n) is 15.9. The average molecular weight is 441 g/mol. The van der Waals surface area contributed by atoms with Crippen molar-refractivity contribution in [2.75, 3.05) is 6.79 Å². The van der Waals surface area contributed by atoms with Crippen LogP contribution in [-0.2, 0) is 17.9 Å². The van der Waals surface area contributed by atoms with Gasteiger partial charge in [-0.05, 0) is 36.1 Å². The van der Waals surface area contributed by atoms with Crippen molar-refractivity contribution in [1.29, 1.82) is 0 Å². The van der Waals surface area contributed by atoms with Crippen molar-refractivity contribution >= 4 is 38.8 Å². The molecule has 3 aromatic heterocycles. The first kappa shape index (κ1) is 18.8. The number of rotatable bonds is 5. The second-order valence-corrected chi connectivity index (χ2v) is 8.81. The third-order valence-electron chi connectivity index (χ3n) is 4.58. The van der Waals surface area contributed by atoms with Crippen molar-refractivity contribution < 1.29 is 14.3 Å². The van der Waals surface area contributed by atoms with Gasteiger partial charge in [-0.15, -0.1) is 22.7 Å². The van der Waals surface area contributed by atoms with Gasteiger partial charge in [-0.1, -0.05) is 12.1 Å². The number of thiophene rings is 1. The first-order chi connectivity index (χ1) is 14.6. The highest BCUT2D eigenvalue weighted by molar-refractivity contribution is 7.20. The third kappa shape index (κ3) is 3.44. The van der Waals surface area contributed by atoms with E-state index in [0.717, 1.165) is 20.1 Å². The molecular formula is C20H16N4O4S2. The molecule has 0 fully saturated rings. The van der Waals surface area contributed by atoms with E-state index in [0.29, 0.717) is 29.3 Å². The van der Waals surface area contributed by atoms with Gasteiger partial charge in [-0.2, -0.15) is 5.10 Å². The number of hydrogen-bond donors (Lipinski definition) is 1. The maximum Gasteiger partial charge on any atom is 0.294 e. The smallest absolute Gasteiger partial charge is 0.294 e. The van der Waals surface area contributed by atoms with E-state index in [-0.39, 0.29) is 24.8 Å². The van der Waals surface area contributed by atoms with Crippen molar-refractivity contribution in [3.63, 3.8) is 0 Å². The number of aryl methyl sites for hydroxylation is 1. The van der Waals surface area contributed by atoms with Gasteiger partial charge in [-0.25, -0.2) is 9.67 Å². The molecule has 0 aliphatic carbocycles.